The average molecular weight is 318 g/mol. The zero-order valence-electron chi connectivity index (χ0n) is 9.81. The second kappa shape index (κ2) is 5.34. The Labute approximate surface area is 113 Å². The molecule has 0 heterocycles. The third-order valence-corrected chi connectivity index (χ3v) is 3.80. The third-order valence-electron chi connectivity index (χ3n) is 3.40. The molecule has 5 heteroatoms. The molecule has 2 nitrogen and oxygen atoms in total. The number of carbonyl (C=O) groups excluding carboxylic acids is 1. The summed E-state index contributed by atoms with van der Waals surface area (Å²) in [5.74, 6) is -2.63. The van der Waals surface area contributed by atoms with Crippen LogP contribution in [0.5, 0.6) is 0 Å². The van der Waals surface area contributed by atoms with E-state index in [9.17, 15) is 13.6 Å². The van der Waals surface area contributed by atoms with Crippen molar-refractivity contribution in [1.29, 1.82) is 0 Å². The average Bonchev–Trinajstić information content (AvgIpc) is 3.11. The quantitative estimate of drug-likeness (QED) is 0.830. The van der Waals surface area contributed by atoms with Crippen molar-refractivity contribution in [2.24, 2.45) is 5.41 Å². The monoisotopic (exact) mass is 317 g/mol. The van der Waals surface area contributed by atoms with Gasteiger partial charge in [-0.1, -0.05) is 22.0 Å². The molecule has 0 atom stereocenters. The van der Waals surface area contributed by atoms with Crippen LogP contribution in [0, 0.1) is 17.0 Å². The zero-order chi connectivity index (χ0) is 13.2. The van der Waals surface area contributed by atoms with Gasteiger partial charge in [0.05, 0.1) is 5.56 Å². The van der Waals surface area contributed by atoms with E-state index in [0.29, 0.717) is 6.54 Å². The summed E-state index contributed by atoms with van der Waals surface area (Å²) in [5.41, 5.74) is -0.0761. The molecular weight excluding hydrogens is 304 g/mol. The normalized spacial score (nSPS) is 16.4. The van der Waals surface area contributed by atoms with E-state index in [1.165, 1.54) is 12.1 Å². The van der Waals surface area contributed by atoms with E-state index in [1.807, 2.05) is 0 Å². The van der Waals surface area contributed by atoms with Crippen molar-refractivity contribution in [2.45, 2.75) is 19.3 Å². The highest BCUT2D eigenvalue weighted by molar-refractivity contribution is 9.09. The van der Waals surface area contributed by atoms with E-state index in [4.69, 9.17) is 0 Å². The predicted octanol–water partition coefficient (Wildman–Crippen LogP) is 3.26. The first-order valence-electron chi connectivity index (χ1n) is 5.86. The molecular formula is C13H14BrF2NO. The lowest BCUT2D eigenvalue weighted by Gasteiger charge is -2.14. The minimum absolute atomic E-state index is 0.156. The number of halogens is 3. The molecule has 1 fully saturated rings. The Morgan fingerprint density at radius 3 is 2.72 bits per heavy atom. The van der Waals surface area contributed by atoms with Crippen molar-refractivity contribution in [2.75, 3.05) is 11.9 Å². The molecule has 1 saturated carbocycles. The smallest absolute Gasteiger partial charge is 0.254 e. The Kier molecular flexibility index (Phi) is 4.00. The molecule has 0 bridgehead atoms. The maximum Gasteiger partial charge on any atom is 0.254 e. The number of amides is 1. The van der Waals surface area contributed by atoms with Crippen molar-refractivity contribution in [3.05, 3.63) is 35.4 Å². The standard InChI is InChI=1S/C13H14BrF2NO/c14-7-6-13(4-5-13)8-17-12(18)9-2-1-3-10(15)11(9)16/h1-3H,4-8H2,(H,17,18). The summed E-state index contributed by atoms with van der Waals surface area (Å²) in [4.78, 5) is 11.8. The van der Waals surface area contributed by atoms with Crippen LogP contribution in [0.3, 0.4) is 0 Å². The van der Waals surface area contributed by atoms with Crippen LogP contribution >= 0.6 is 15.9 Å². The SMILES string of the molecule is O=C(NCC1(CCBr)CC1)c1cccc(F)c1F. The molecule has 1 aromatic carbocycles. The van der Waals surface area contributed by atoms with Gasteiger partial charge in [0, 0.05) is 11.9 Å². The summed E-state index contributed by atoms with van der Waals surface area (Å²) < 4.78 is 26.4. The fourth-order valence-corrected chi connectivity index (χ4v) is 2.78. The van der Waals surface area contributed by atoms with Gasteiger partial charge in [-0.2, -0.15) is 0 Å². The predicted molar refractivity (Wildman–Crippen MR) is 68.8 cm³/mol. The first kappa shape index (κ1) is 13.5. The molecule has 0 aliphatic heterocycles. The number of alkyl halides is 1. The second-order valence-corrected chi connectivity index (χ2v) is 5.52. The van der Waals surface area contributed by atoms with Gasteiger partial charge in [-0.05, 0) is 36.8 Å². The zero-order valence-corrected chi connectivity index (χ0v) is 11.4. The highest BCUT2D eigenvalue weighted by atomic mass is 79.9. The van der Waals surface area contributed by atoms with Gasteiger partial charge in [0.1, 0.15) is 0 Å². The largest absolute Gasteiger partial charge is 0.351 e. The lowest BCUT2D eigenvalue weighted by Crippen LogP contribution is -2.31. The molecule has 0 saturated heterocycles. The molecule has 1 aliphatic carbocycles. The van der Waals surface area contributed by atoms with E-state index < -0.39 is 17.5 Å². The fourth-order valence-electron chi connectivity index (χ4n) is 1.93. The van der Waals surface area contributed by atoms with Crippen LogP contribution in [0.2, 0.25) is 0 Å². The topological polar surface area (TPSA) is 29.1 Å². The Bertz CT molecular complexity index is 460. The van der Waals surface area contributed by atoms with Gasteiger partial charge in [-0.15, -0.1) is 0 Å². The van der Waals surface area contributed by atoms with Crippen molar-refractivity contribution in [3.63, 3.8) is 0 Å². The molecule has 1 aliphatic rings. The van der Waals surface area contributed by atoms with E-state index >= 15 is 0 Å². The summed E-state index contributed by atoms with van der Waals surface area (Å²) in [6, 6.07) is 3.62. The molecule has 18 heavy (non-hydrogen) atoms. The second-order valence-electron chi connectivity index (χ2n) is 4.72. The first-order valence-corrected chi connectivity index (χ1v) is 6.98. The van der Waals surface area contributed by atoms with Crippen LogP contribution in [-0.4, -0.2) is 17.8 Å². The van der Waals surface area contributed by atoms with Crippen LogP contribution in [0.1, 0.15) is 29.6 Å². The van der Waals surface area contributed by atoms with E-state index in [1.54, 1.807) is 0 Å². The molecule has 0 radical (unpaired) electrons. The van der Waals surface area contributed by atoms with E-state index in [-0.39, 0.29) is 11.0 Å². The molecule has 0 unspecified atom stereocenters. The maximum absolute atomic E-state index is 13.4. The van der Waals surface area contributed by atoms with Crippen LogP contribution in [0.4, 0.5) is 8.78 Å². The number of hydrogen-bond acceptors (Lipinski definition) is 1. The fraction of sp³-hybridized carbons (Fsp3) is 0.462. The number of benzene rings is 1. The van der Waals surface area contributed by atoms with Gasteiger partial charge in [0.25, 0.3) is 5.91 Å². The minimum Gasteiger partial charge on any atom is -0.351 e. The van der Waals surface area contributed by atoms with E-state index in [0.717, 1.165) is 30.7 Å². The Morgan fingerprint density at radius 1 is 1.39 bits per heavy atom. The van der Waals surface area contributed by atoms with Crippen LogP contribution in [0.25, 0.3) is 0 Å². The molecule has 2 rings (SSSR count). The summed E-state index contributed by atoms with van der Waals surface area (Å²) in [6.07, 6.45) is 3.13. The van der Waals surface area contributed by atoms with Crippen molar-refractivity contribution in [1.82, 2.24) is 5.32 Å². The summed E-state index contributed by atoms with van der Waals surface area (Å²) >= 11 is 3.38. The highest BCUT2D eigenvalue weighted by Gasteiger charge is 2.41. The van der Waals surface area contributed by atoms with Crippen LogP contribution in [-0.2, 0) is 0 Å². The lowest BCUT2D eigenvalue weighted by molar-refractivity contribution is 0.0939. The third kappa shape index (κ3) is 2.88. The van der Waals surface area contributed by atoms with Gasteiger partial charge in [0.15, 0.2) is 11.6 Å². The number of rotatable bonds is 5. The van der Waals surface area contributed by atoms with Gasteiger partial charge in [-0.3, -0.25) is 4.79 Å². The molecule has 0 spiro atoms. The highest BCUT2D eigenvalue weighted by Crippen LogP contribution is 2.48. The van der Waals surface area contributed by atoms with E-state index in [2.05, 4.69) is 21.2 Å². The summed E-state index contributed by atoms with van der Waals surface area (Å²) in [7, 11) is 0. The number of nitrogens with one attached hydrogen (secondary N) is 1. The van der Waals surface area contributed by atoms with Crippen LogP contribution in [0.15, 0.2) is 18.2 Å². The van der Waals surface area contributed by atoms with Crippen molar-refractivity contribution >= 4 is 21.8 Å². The van der Waals surface area contributed by atoms with Gasteiger partial charge in [0.2, 0.25) is 0 Å². The molecule has 1 N–H and O–H groups in total. The van der Waals surface area contributed by atoms with Crippen molar-refractivity contribution in [3.8, 4) is 0 Å². The molecule has 1 aromatic rings. The maximum atomic E-state index is 13.4. The van der Waals surface area contributed by atoms with Crippen molar-refractivity contribution < 1.29 is 13.6 Å². The van der Waals surface area contributed by atoms with Gasteiger partial charge < -0.3 is 5.32 Å². The summed E-state index contributed by atoms with van der Waals surface area (Å²) in [6.45, 7) is 0.521. The number of carbonyl (C=O) groups is 1. The molecule has 1 amide bonds. The lowest BCUT2D eigenvalue weighted by atomic mass is 10.0. The Balaban J connectivity index is 1.98. The molecule has 98 valence electrons. The van der Waals surface area contributed by atoms with Crippen LogP contribution < -0.4 is 5.32 Å². The summed E-state index contributed by atoms with van der Waals surface area (Å²) in [5, 5.41) is 3.57. The Morgan fingerprint density at radius 2 is 2.11 bits per heavy atom. The van der Waals surface area contributed by atoms with Gasteiger partial charge >= 0.3 is 0 Å². The molecule has 0 aromatic heterocycles. The Hall–Kier alpha value is -0.970. The minimum atomic E-state index is -1.08. The first-order chi connectivity index (χ1) is 8.58. The van der Waals surface area contributed by atoms with Gasteiger partial charge in [-0.25, -0.2) is 8.78 Å². The number of hydrogen-bond donors (Lipinski definition) is 1.